The number of pyridine rings is 1. The van der Waals surface area contributed by atoms with Crippen LogP contribution in [0.15, 0.2) is 18.3 Å². The maximum Gasteiger partial charge on any atom is 0.269 e. The van der Waals surface area contributed by atoms with Crippen molar-refractivity contribution in [3.05, 3.63) is 24.0 Å². The fourth-order valence-electron chi connectivity index (χ4n) is 2.17. The molecule has 1 aliphatic heterocycles. The SMILES string of the molecule is CNC(=O)c1cc(N2CC(CN)OCC2C)ccn1. The molecule has 19 heavy (non-hydrogen) atoms. The highest BCUT2D eigenvalue weighted by Gasteiger charge is 2.25. The fourth-order valence-corrected chi connectivity index (χ4v) is 2.17. The van der Waals surface area contributed by atoms with Gasteiger partial charge in [-0.1, -0.05) is 0 Å². The second kappa shape index (κ2) is 5.99. The van der Waals surface area contributed by atoms with Crippen molar-refractivity contribution in [3.63, 3.8) is 0 Å². The maximum absolute atomic E-state index is 11.6. The molecule has 6 heteroatoms. The normalized spacial score (nSPS) is 23.2. The summed E-state index contributed by atoms with van der Waals surface area (Å²) in [4.78, 5) is 17.9. The van der Waals surface area contributed by atoms with Crippen molar-refractivity contribution in [2.45, 2.75) is 19.1 Å². The first-order valence-corrected chi connectivity index (χ1v) is 6.42. The molecule has 2 heterocycles. The van der Waals surface area contributed by atoms with Crippen LogP contribution in [-0.2, 0) is 4.74 Å². The van der Waals surface area contributed by atoms with Crippen LogP contribution >= 0.6 is 0 Å². The van der Waals surface area contributed by atoms with Gasteiger partial charge in [0, 0.05) is 38.1 Å². The first-order chi connectivity index (χ1) is 9.15. The molecular weight excluding hydrogens is 244 g/mol. The number of nitrogens with two attached hydrogens (primary N) is 1. The number of carbonyl (C=O) groups excluding carboxylic acids is 1. The topological polar surface area (TPSA) is 80.5 Å². The number of aromatic nitrogens is 1. The van der Waals surface area contributed by atoms with Crippen molar-refractivity contribution < 1.29 is 9.53 Å². The van der Waals surface area contributed by atoms with Crippen molar-refractivity contribution in [2.24, 2.45) is 5.73 Å². The van der Waals surface area contributed by atoms with Gasteiger partial charge in [0.2, 0.25) is 0 Å². The largest absolute Gasteiger partial charge is 0.373 e. The molecule has 0 spiro atoms. The quantitative estimate of drug-likeness (QED) is 0.803. The third kappa shape index (κ3) is 3.02. The Balaban J connectivity index is 2.22. The monoisotopic (exact) mass is 264 g/mol. The van der Waals surface area contributed by atoms with Crippen LogP contribution in [0.3, 0.4) is 0 Å². The molecule has 2 rings (SSSR count). The number of rotatable bonds is 3. The lowest BCUT2D eigenvalue weighted by atomic mass is 10.1. The smallest absolute Gasteiger partial charge is 0.269 e. The summed E-state index contributed by atoms with van der Waals surface area (Å²) < 4.78 is 5.63. The molecule has 1 amide bonds. The molecule has 0 bridgehead atoms. The lowest BCUT2D eigenvalue weighted by molar-refractivity contribution is 0.0283. The van der Waals surface area contributed by atoms with E-state index >= 15 is 0 Å². The van der Waals surface area contributed by atoms with Crippen LogP contribution in [-0.4, -0.2) is 49.8 Å². The third-order valence-corrected chi connectivity index (χ3v) is 3.30. The number of nitrogens with zero attached hydrogens (tertiary/aromatic N) is 2. The van der Waals surface area contributed by atoms with Gasteiger partial charge in [-0.15, -0.1) is 0 Å². The Hall–Kier alpha value is -1.66. The molecule has 2 unspecified atom stereocenters. The highest BCUT2D eigenvalue weighted by atomic mass is 16.5. The van der Waals surface area contributed by atoms with Crippen LogP contribution in [0.2, 0.25) is 0 Å². The first kappa shape index (κ1) is 13.8. The molecule has 0 saturated carbocycles. The third-order valence-electron chi connectivity index (χ3n) is 3.30. The van der Waals surface area contributed by atoms with E-state index in [1.807, 2.05) is 6.07 Å². The van der Waals surface area contributed by atoms with Crippen molar-refractivity contribution in [1.29, 1.82) is 0 Å². The van der Waals surface area contributed by atoms with Gasteiger partial charge in [-0.05, 0) is 19.1 Å². The van der Waals surface area contributed by atoms with Crippen LogP contribution in [0.4, 0.5) is 5.69 Å². The van der Waals surface area contributed by atoms with Gasteiger partial charge in [0.05, 0.1) is 12.7 Å². The Morgan fingerprint density at radius 3 is 3.16 bits per heavy atom. The van der Waals surface area contributed by atoms with Crippen LogP contribution in [0.25, 0.3) is 0 Å². The Morgan fingerprint density at radius 1 is 1.68 bits per heavy atom. The van der Waals surface area contributed by atoms with Crippen molar-refractivity contribution in [3.8, 4) is 0 Å². The van der Waals surface area contributed by atoms with Crippen LogP contribution in [0, 0.1) is 0 Å². The number of amides is 1. The fraction of sp³-hybridized carbons (Fsp3) is 0.538. The number of nitrogens with one attached hydrogen (secondary N) is 1. The van der Waals surface area contributed by atoms with E-state index in [0.717, 1.165) is 12.2 Å². The lowest BCUT2D eigenvalue weighted by Gasteiger charge is -2.39. The number of hydrogen-bond donors (Lipinski definition) is 2. The minimum atomic E-state index is -0.182. The van der Waals surface area contributed by atoms with Gasteiger partial charge in [0.15, 0.2) is 0 Å². The summed E-state index contributed by atoms with van der Waals surface area (Å²) in [7, 11) is 1.60. The summed E-state index contributed by atoms with van der Waals surface area (Å²) in [5.74, 6) is -0.182. The molecule has 1 aromatic heterocycles. The molecular formula is C13H20N4O2. The predicted octanol–water partition coefficient (Wildman–Crippen LogP) is -0.00640. The molecule has 104 valence electrons. The average molecular weight is 264 g/mol. The first-order valence-electron chi connectivity index (χ1n) is 6.42. The van der Waals surface area contributed by atoms with E-state index in [-0.39, 0.29) is 18.1 Å². The van der Waals surface area contributed by atoms with Gasteiger partial charge in [-0.3, -0.25) is 9.78 Å². The molecule has 0 radical (unpaired) electrons. The van der Waals surface area contributed by atoms with E-state index in [2.05, 4.69) is 22.1 Å². The standard InChI is InChI=1S/C13H20N4O2/c1-9-8-19-11(6-14)7-17(9)10-3-4-16-12(5-10)13(18)15-2/h3-5,9,11H,6-8,14H2,1-2H3,(H,15,18). The Labute approximate surface area is 112 Å². The van der Waals surface area contributed by atoms with Crippen molar-refractivity contribution in [1.82, 2.24) is 10.3 Å². The minimum absolute atomic E-state index is 0.0350. The summed E-state index contributed by atoms with van der Waals surface area (Å²) >= 11 is 0. The Kier molecular flexibility index (Phi) is 4.34. The van der Waals surface area contributed by atoms with E-state index in [0.29, 0.717) is 18.8 Å². The summed E-state index contributed by atoms with van der Waals surface area (Å²) in [6, 6.07) is 3.96. The van der Waals surface area contributed by atoms with Gasteiger partial charge in [0.25, 0.3) is 5.91 Å². The summed E-state index contributed by atoms with van der Waals surface area (Å²) in [6.45, 7) is 3.96. The van der Waals surface area contributed by atoms with Gasteiger partial charge in [0.1, 0.15) is 5.69 Å². The minimum Gasteiger partial charge on any atom is -0.373 e. The highest BCUT2D eigenvalue weighted by Crippen LogP contribution is 2.21. The molecule has 1 fully saturated rings. The van der Waals surface area contributed by atoms with Gasteiger partial charge in [-0.2, -0.15) is 0 Å². The zero-order valence-corrected chi connectivity index (χ0v) is 11.3. The van der Waals surface area contributed by atoms with Gasteiger partial charge in [-0.25, -0.2) is 0 Å². The van der Waals surface area contributed by atoms with E-state index in [4.69, 9.17) is 10.5 Å². The van der Waals surface area contributed by atoms with E-state index in [1.165, 1.54) is 0 Å². The molecule has 1 aromatic rings. The second-order valence-electron chi connectivity index (χ2n) is 4.67. The Morgan fingerprint density at radius 2 is 2.47 bits per heavy atom. The van der Waals surface area contributed by atoms with Crippen molar-refractivity contribution >= 4 is 11.6 Å². The zero-order chi connectivity index (χ0) is 13.8. The number of ether oxygens (including phenoxy) is 1. The Bertz CT molecular complexity index is 452. The van der Waals surface area contributed by atoms with E-state index in [9.17, 15) is 4.79 Å². The highest BCUT2D eigenvalue weighted by molar-refractivity contribution is 5.92. The van der Waals surface area contributed by atoms with Crippen molar-refractivity contribution in [2.75, 3.05) is 31.6 Å². The van der Waals surface area contributed by atoms with E-state index in [1.54, 1.807) is 19.3 Å². The van der Waals surface area contributed by atoms with Gasteiger partial charge >= 0.3 is 0 Å². The molecule has 2 atom stereocenters. The van der Waals surface area contributed by atoms with Crippen LogP contribution < -0.4 is 16.0 Å². The molecule has 1 aliphatic rings. The zero-order valence-electron chi connectivity index (χ0n) is 11.3. The molecule has 3 N–H and O–H groups in total. The molecule has 6 nitrogen and oxygen atoms in total. The van der Waals surface area contributed by atoms with E-state index < -0.39 is 0 Å². The van der Waals surface area contributed by atoms with Crippen LogP contribution in [0.5, 0.6) is 0 Å². The number of morpholine rings is 1. The summed E-state index contributed by atoms with van der Waals surface area (Å²) in [5, 5.41) is 2.58. The number of carbonyl (C=O) groups is 1. The number of hydrogen-bond acceptors (Lipinski definition) is 5. The maximum atomic E-state index is 11.6. The number of anilines is 1. The second-order valence-corrected chi connectivity index (χ2v) is 4.67. The van der Waals surface area contributed by atoms with Gasteiger partial charge < -0.3 is 20.7 Å². The molecule has 1 saturated heterocycles. The molecule has 0 aromatic carbocycles. The molecule has 0 aliphatic carbocycles. The predicted molar refractivity (Wildman–Crippen MR) is 73.2 cm³/mol. The lowest BCUT2D eigenvalue weighted by Crippen LogP contribution is -2.50. The summed E-state index contributed by atoms with van der Waals surface area (Å²) in [6.07, 6.45) is 1.69. The average Bonchev–Trinajstić information content (AvgIpc) is 2.47. The summed E-state index contributed by atoms with van der Waals surface area (Å²) in [5.41, 5.74) is 7.05. The van der Waals surface area contributed by atoms with Crippen LogP contribution in [0.1, 0.15) is 17.4 Å².